The smallest absolute Gasteiger partial charge is 0.166 e. The Hall–Kier alpha value is -2.05. The Morgan fingerprint density at radius 3 is 2.58 bits per heavy atom. The molecule has 0 amide bonds. The van der Waals surface area contributed by atoms with Crippen LogP contribution in [0.25, 0.3) is 0 Å². The fourth-order valence-electron chi connectivity index (χ4n) is 3.30. The number of nitrogens with zero attached hydrogens (tertiary/aromatic N) is 1. The van der Waals surface area contributed by atoms with Gasteiger partial charge in [-0.3, -0.25) is 4.90 Å². The van der Waals surface area contributed by atoms with E-state index in [0.29, 0.717) is 11.7 Å². The average Bonchev–Trinajstić information content (AvgIpc) is 3.22. The summed E-state index contributed by atoms with van der Waals surface area (Å²) < 4.78 is 10.9. The Labute approximate surface area is 160 Å². The van der Waals surface area contributed by atoms with E-state index in [0.717, 1.165) is 36.7 Å². The van der Waals surface area contributed by atoms with Gasteiger partial charge in [0.25, 0.3) is 0 Å². The number of methoxy groups -OCH3 is 1. The van der Waals surface area contributed by atoms with Crippen molar-refractivity contribution in [1.82, 2.24) is 15.5 Å². The number of hydrogen-bond donors (Lipinski definition) is 2. The van der Waals surface area contributed by atoms with Crippen LogP contribution in [0.5, 0.6) is 5.75 Å². The van der Waals surface area contributed by atoms with Gasteiger partial charge in [0.05, 0.1) is 19.4 Å². The molecule has 26 heavy (non-hydrogen) atoms. The number of likely N-dealkylation sites (tertiary alicyclic amines) is 1. The van der Waals surface area contributed by atoms with E-state index in [4.69, 9.17) is 21.4 Å². The molecular weight excluding hydrogens is 346 g/mol. The quantitative estimate of drug-likeness (QED) is 0.725. The number of thiocarbonyl (C=S) groups is 1. The molecule has 0 radical (unpaired) electrons. The van der Waals surface area contributed by atoms with Gasteiger partial charge in [0.15, 0.2) is 5.11 Å². The Bertz CT molecular complexity index is 667. The van der Waals surface area contributed by atoms with Crippen molar-refractivity contribution in [2.45, 2.75) is 31.8 Å². The van der Waals surface area contributed by atoms with Crippen molar-refractivity contribution in [2.24, 2.45) is 0 Å². The lowest BCUT2D eigenvalue weighted by Gasteiger charge is -2.33. The molecule has 3 rings (SSSR count). The van der Waals surface area contributed by atoms with Gasteiger partial charge in [0.2, 0.25) is 0 Å². The molecule has 0 unspecified atom stereocenters. The van der Waals surface area contributed by atoms with E-state index in [1.165, 1.54) is 19.3 Å². The van der Waals surface area contributed by atoms with Crippen LogP contribution in [0.1, 0.15) is 36.6 Å². The lowest BCUT2D eigenvalue weighted by molar-refractivity contribution is 0.146. The molecule has 1 saturated heterocycles. The number of ether oxygens (including phenoxy) is 1. The molecule has 1 aliphatic heterocycles. The first-order chi connectivity index (χ1) is 12.8. The van der Waals surface area contributed by atoms with E-state index in [-0.39, 0.29) is 6.04 Å². The molecule has 2 N–H and O–H groups in total. The van der Waals surface area contributed by atoms with Crippen LogP contribution in [-0.2, 0) is 6.54 Å². The molecule has 0 spiro atoms. The van der Waals surface area contributed by atoms with E-state index in [1.807, 2.05) is 30.3 Å². The lowest BCUT2D eigenvalue weighted by Crippen LogP contribution is -2.43. The monoisotopic (exact) mass is 373 g/mol. The standard InChI is InChI=1S/C20H27N3O2S/c1-24-17-9-7-16(8-10-17)14-21-20(26)22-15-18(19-6-5-13-25-19)23-11-3-2-4-12-23/h5-10,13,18H,2-4,11-12,14-15H2,1H3,(H2,21,22,26)/t18-/m1/s1. The first-order valence-corrected chi connectivity index (χ1v) is 9.59. The fraction of sp³-hybridized carbons (Fsp3) is 0.450. The second kappa shape index (κ2) is 9.59. The van der Waals surface area contributed by atoms with Crippen molar-refractivity contribution in [3.8, 4) is 5.75 Å². The highest BCUT2D eigenvalue weighted by Gasteiger charge is 2.24. The Morgan fingerprint density at radius 1 is 1.15 bits per heavy atom. The maximum Gasteiger partial charge on any atom is 0.166 e. The Balaban J connectivity index is 1.50. The molecule has 1 aromatic carbocycles. The maximum atomic E-state index is 5.68. The molecule has 5 nitrogen and oxygen atoms in total. The van der Waals surface area contributed by atoms with E-state index >= 15 is 0 Å². The van der Waals surface area contributed by atoms with Gasteiger partial charge in [0, 0.05) is 13.1 Å². The van der Waals surface area contributed by atoms with Gasteiger partial charge in [0.1, 0.15) is 11.5 Å². The second-order valence-corrected chi connectivity index (χ2v) is 6.95. The predicted molar refractivity (Wildman–Crippen MR) is 107 cm³/mol. The minimum Gasteiger partial charge on any atom is -0.497 e. The van der Waals surface area contributed by atoms with Crippen molar-refractivity contribution in [2.75, 3.05) is 26.7 Å². The van der Waals surface area contributed by atoms with Gasteiger partial charge in [-0.15, -0.1) is 0 Å². The fourth-order valence-corrected chi connectivity index (χ4v) is 3.45. The molecule has 0 aliphatic carbocycles. The summed E-state index contributed by atoms with van der Waals surface area (Å²) in [6.07, 6.45) is 5.55. The van der Waals surface area contributed by atoms with Crippen LogP contribution >= 0.6 is 12.2 Å². The summed E-state index contributed by atoms with van der Waals surface area (Å²) in [5.41, 5.74) is 1.16. The summed E-state index contributed by atoms with van der Waals surface area (Å²) >= 11 is 5.45. The van der Waals surface area contributed by atoms with Gasteiger partial charge in [-0.25, -0.2) is 0 Å². The zero-order valence-electron chi connectivity index (χ0n) is 15.2. The van der Waals surface area contributed by atoms with E-state index in [9.17, 15) is 0 Å². The Kier molecular flexibility index (Phi) is 6.91. The number of piperidine rings is 1. The minimum absolute atomic E-state index is 0.214. The van der Waals surface area contributed by atoms with Gasteiger partial charge in [-0.2, -0.15) is 0 Å². The normalized spacial score (nSPS) is 16.0. The third-order valence-electron chi connectivity index (χ3n) is 4.77. The van der Waals surface area contributed by atoms with Crippen molar-refractivity contribution < 1.29 is 9.15 Å². The first-order valence-electron chi connectivity index (χ1n) is 9.18. The van der Waals surface area contributed by atoms with Crippen LogP contribution in [0.2, 0.25) is 0 Å². The zero-order chi connectivity index (χ0) is 18.2. The molecule has 2 heterocycles. The number of benzene rings is 1. The molecule has 1 atom stereocenters. The SMILES string of the molecule is COc1ccc(CNC(=S)NC[C@H](c2ccco2)N2CCCCC2)cc1. The third-order valence-corrected chi connectivity index (χ3v) is 5.06. The van der Waals surface area contributed by atoms with Crippen molar-refractivity contribution in [3.05, 3.63) is 54.0 Å². The van der Waals surface area contributed by atoms with Gasteiger partial charge < -0.3 is 19.8 Å². The average molecular weight is 374 g/mol. The molecule has 1 aromatic heterocycles. The summed E-state index contributed by atoms with van der Waals surface area (Å²) in [4.78, 5) is 2.49. The molecule has 0 bridgehead atoms. The molecule has 140 valence electrons. The predicted octanol–water partition coefficient (Wildman–Crippen LogP) is 3.48. The van der Waals surface area contributed by atoms with E-state index in [2.05, 4.69) is 21.6 Å². The molecule has 2 aromatic rings. The number of furan rings is 1. The summed E-state index contributed by atoms with van der Waals surface area (Å²) in [6.45, 7) is 3.64. The van der Waals surface area contributed by atoms with Crippen LogP contribution in [0.3, 0.4) is 0 Å². The topological polar surface area (TPSA) is 49.7 Å². The highest BCUT2D eigenvalue weighted by Crippen LogP contribution is 2.24. The molecular formula is C20H27N3O2S. The first kappa shape index (κ1) is 18.7. The third kappa shape index (κ3) is 5.22. The summed E-state index contributed by atoms with van der Waals surface area (Å²) in [7, 11) is 1.67. The molecule has 1 aliphatic rings. The zero-order valence-corrected chi connectivity index (χ0v) is 16.1. The largest absolute Gasteiger partial charge is 0.497 e. The maximum absolute atomic E-state index is 5.68. The van der Waals surface area contributed by atoms with E-state index in [1.54, 1.807) is 13.4 Å². The minimum atomic E-state index is 0.214. The second-order valence-electron chi connectivity index (χ2n) is 6.54. The summed E-state index contributed by atoms with van der Waals surface area (Å²) in [5.74, 6) is 1.86. The van der Waals surface area contributed by atoms with E-state index < -0.39 is 0 Å². The summed E-state index contributed by atoms with van der Waals surface area (Å²) in [6, 6.07) is 12.2. The van der Waals surface area contributed by atoms with Crippen molar-refractivity contribution >= 4 is 17.3 Å². The van der Waals surface area contributed by atoms with Crippen LogP contribution in [-0.4, -0.2) is 36.8 Å². The summed E-state index contributed by atoms with van der Waals surface area (Å²) in [5, 5.41) is 7.29. The van der Waals surface area contributed by atoms with Gasteiger partial charge >= 0.3 is 0 Å². The molecule has 1 fully saturated rings. The highest BCUT2D eigenvalue weighted by atomic mass is 32.1. The molecule has 0 saturated carbocycles. The number of hydrogen-bond acceptors (Lipinski definition) is 4. The van der Waals surface area contributed by atoms with Crippen molar-refractivity contribution in [1.29, 1.82) is 0 Å². The number of rotatable bonds is 7. The van der Waals surface area contributed by atoms with Crippen LogP contribution < -0.4 is 15.4 Å². The van der Waals surface area contributed by atoms with Gasteiger partial charge in [-0.05, 0) is 68.0 Å². The van der Waals surface area contributed by atoms with Crippen LogP contribution in [0, 0.1) is 0 Å². The Morgan fingerprint density at radius 2 is 1.92 bits per heavy atom. The van der Waals surface area contributed by atoms with Gasteiger partial charge in [-0.1, -0.05) is 18.6 Å². The van der Waals surface area contributed by atoms with Crippen LogP contribution in [0.15, 0.2) is 47.1 Å². The number of nitrogens with one attached hydrogen (secondary N) is 2. The molecule has 6 heteroatoms. The van der Waals surface area contributed by atoms with Crippen LogP contribution in [0.4, 0.5) is 0 Å². The highest BCUT2D eigenvalue weighted by molar-refractivity contribution is 7.80. The lowest BCUT2D eigenvalue weighted by atomic mass is 10.1. The van der Waals surface area contributed by atoms with Crippen molar-refractivity contribution in [3.63, 3.8) is 0 Å².